The van der Waals surface area contributed by atoms with Crippen LogP contribution in [0.3, 0.4) is 0 Å². The van der Waals surface area contributed by atoms with Crippen molar-refractivity contribution in [3.63, 3.8) is 0 Å². The lowest BCUT2D eigenvalue weighted by Crippen LogP contribution is -1.85. The monoisotopic (exact) mass is 238 g/mol. The number of hydrogen-bond donors (Lipinski definition) is 1. The van der Waals surface area contributed by atoms with Crippen LogP contribution >= 0.6 is 0 Å². The Kier molecular flexibility index (Phi) is 2.65. The lowest BCUT2D eigenvalue weighted by atomic mass is 10.0. The highest BCUT2D eigenvalue weighted by Crippen LogP contribution is 2.29. The highest BCUT2D eigenvalue weighted by molar-refractivity contribution is 5.79. The SMILES string of the molecule is Fc1ccc(-c2cc[nH]c2-c2ccccn2)cc1. The van der Waals surface area contributed by atoms with E-state index in [9.17, 15) is 4.39 Å². The summed E-state index contributed by atoms with van der Waals surface area (Å²) in [5, 5.41) is 0. The Hall–Kier alpha value is -2.42. The molecule has 0 atom stereocenters. The lowest BCUT2D eigenvalue weighted by molar-refractivity contribution is 0.628. The summed E-state index contributed by atoms with van der Waals surface area (Å²) in [6.07, 6.45) is 3.62. The summed E-state index contributed by atoms with van der Waals surface area (Å²) in [7, 11) is 0. The van der Waals surface area contributed by atoms with Crippen LogP contribution < -0.4 is 0 Å². The molecule has 0 amide bonds. The van der Waals surface area contributed by atoms with E-state index in [-0.39, 0.29) is 5.82 Å². The average Bonchev–Trinajstić information content (AvgIpc) is 2.90. The molecule has 0 aliphatic carbocycles. The molecule has 0 aliphatic heterocycles. The van der Waals surface area contributed by atoms with Gasteiger partial charge in [0.1, 0.15) is 5.82 Å². The Labute approximate surface area is 104 Å². The van der Waals surface area contributed by atoms with Crippen LogP contribution in [0.15, 0.2) is 60.9 Å². The van der Waals surface area contributed by atoms with E-state index in [1.54, 1.807) is 18.3 Å². The first-order valence-corrected chi connectivity index (χ1v) is 5.69. The minimum atomic E-state index is -0.228. The number of nitrogens with zero attached hydrogens (tertiary/aromatic N) is 1. The number of halogens is 1. The van der Waals surface area contributed by atoms with Crippen LogP contribution in [0.4, 0.5) is 4.39 Å². The number of benzene rings is 1. The van der Waals surface area contributed by atoms with Gasteiger partial charge < -0.3 is 4.98 Å². The Morgan fingerprint density at radius 2 is 1.78 bits per heavy atom. The van der Waals surface area contributed by atoms with Gasteiger partial charge in [0.15, 0.2) is 0 Å². The Balaban J connectivity index is 2.10. The second-order valence-electron chi connectivity index (χ2n) is 3.99. The van der Waals surface area contributed by atoms with Crippen LogP contribution in [0.2, 0.25) is 0 Å². The van der Waals surface area contributed by atoms with Gasteiger partial charge in [0.25, 0.3) is 0 Å². The summed E-state index contributed by atoms with van der Waals surface area (Å²) in [5.74, 6) is -0.228. The highest BCUT2D eigenvalue weighted by Gasteiger charge is 2.09. The molecule has 0 bridgehead atoms. The quantitative estimate of drug-likeness (QED) is 0.721. The summed E-state index contributed by atoms with van der Waals surface area (Å²) in [5.41, 5.74) is 3.82. The van der Waals surface area contributed by atoms with E-state index in [2.05, 4.69) is 9.97 Å². The maximum absolute atomic E-state index is 12.9. The van der Waals surface area contributed by atoms with E-state index >= 15 is 0 Å². The van der Waals surface area contributed by atoms with Crippen molar-refractivity contribution >= 4 is 0 Å². The summed E-state index contributed by atoms with van der Waals surface area (Å²) in [6, 6.07) is 14.2. The van der Waals surface area contributed by atoms with Crippen molar-refractivity contribution in [1.82, 2.24) is 9.97 Å². The van der Waals surface area contributed by atoms with Crippen LogP contribution in [-0.2, 0) is 0 Å². The summed E-state index contributed by atoms with van der Waals surface area (Å²) >= 11 is 0. The zero-order chi connectivity index (χ0) is 12.4. The first-order valence-electron chi connectivity index (χ1n) is 5.69. The molecule has 3 heteroatoms. The molecule has 18 heavy (non-hydrogen) atoms. The fourth-order valence-corrected chi connectivity index (χ4v) is 1.96. The van der Waals surface area contributed by atoms with Gasteiger partial charge in [-0.25, -0.2) is 4.39 Å². The molecular formula is C15H11FN2. The molecule has 0 radical (unpaired) electrons. The predicted molar refractivity (Wildman–Crippen MR) is 69.4 cm³/mol. The summed E-state index contributed by atoms with van der Waals surface area (Å²) in [4.78, 5) is 7.50. The van der Waals surface area contributed by atoms with Gasteiger partial charge in [0.2, 0.25) is 0 Å². The van der Waals surface area contributed by atoms with Crippen LogP contribution in [0.1, 0.15) is 0 Å². The molecule has 0 unspecified atom stereocenters. The predicted octanol–water partition coefficient (Wildman–Crippen LogP) is 3.88. The Morgan fingerprint density at radius 1 is 0.944 bits per heavy atom. The van der Waals surface area contributed by atoms with Gasteiger partial charge in [0, 0.05) is 18.0 Å². The molecular weight excluding hydrogens is 227 g/mol. The molecule has 1 N–H and O–H groups in total. The van der Waals surface area contributed by atoms with E-state index in [0.29, 0.717) is 0 Å². The topological polar surface area (TPSA) is 28.7 Å². The largest absolute Gasteiger partial charge is 0.359 e. The second-order valence-corrected chi connectivity index (χ2v) is 3.99. The molecule has 1 aromatic carbocycles. The lowest BCUT2D eigenvalue weighted by Gasteiger charge is -2.03. The van der Waals surface area contributed by atoms with Gasteiger partial charge in [-0.2, -0.15) is 0 Å². The van der Waals surface area contributed by atoms with Crippen LogP contribution in [0.5, 0.6) is 0 Å². The third kappa shape index (κ3) is 1.91. The van der Waals surface area contributed by atoms with E-state index in [1.165, 1.54) is 12.1 Å². The molecule has 0 saturated heterocycles. The molecule has 88 valence electrons. The van der Waals surface area contributed by atoms with Gasteiger partial charge in [-0.1, -0.05) is 18.2 Å². The number of H-pyrrole nitrogens is 1. The van der Waals surface area contributed by atoms with E-state index in [0.717, 1.165) is 22.5 Å². The Morgan fingerprint density at radius 3 is 2.50 bits per heavy atom. The second kappa shape index (κ2) is 4.45. The zero-order valence-corrected chi connectivity index (χ0v) is 9.60. The molecule has 0 spiro atoms. The Bertz CT molecular complexity index is 642. The van der Waals surface area contributed by atoms with Crippen molar-refractivity contribution in [2.45, 2.75) is 0 Å². The maximum atomic E-state index is 12.9. The first-order chi connectivity index (χ1) is 8.84. The zero-order valence-electron chi connectivity index (χ0n) is 9.60. The molecule has 0 fully saturated rings. The molecule has 2 aromatic heterocycles. The molecule has 3 aromatic rings. The van der Waals surface area contributed by atoms with Crippen molar-refractivity contribution in [2.24, 2.45) is 0 Å². The van der Waals surface area contributed by atoms with Crippen molar-refractivity contribution in [1.29, 1.82) is 0 Å². The van der Waals surface area contributed by atoms with Crippen molar-refractivity contribution in [2.75, 3.05) is 0 Å². The average molecular weight is 238 g/mol. The molecule has 0 aliphatic rings. The summed E-state index contributed by atoms with van der Waals surface area (Å²) < 4.78 is 12.9. The van der Waals surface area contributed by atoms with E-state index in [1.807, 2.05) is 30.5 Å². The van der Waals surface area contributed by atoms with Gasteiger partial charge in [0.05, 0.1) is 11.4 Å². The minimum absolute atomic E-state index is 0.228. The standard InChI is InChI=1S/C15H11FN2/c16-12-6-4-11(5-7-12)13-8-10-18-15(13)14-3-1-2-9-17-14/h1-10,18H. The normalized spacial score (nSPS) is 10.5. The number of hydrogen-bond acceptors (Lipinski definition) is 1. The number of nitrogens with one attached hydrogen (secondary N) is 1. The fourth-order valence-electron chi connectivity index (χ4n) is 1.96. The van der Waals surface area contributed by atoms with Gasteiger partial charge in [-0.15, -0.1) is 0 Å². The molecule has 0 saturated carbocycles. The minimum Gasteiger partial charge on any atom is -0.359 e. The summed E-state index contributed by atoms with van der Waals surface area (Å²) in [6.45, 7) is 0. The molecule has 2 heterocycles. The smallest absolute Gasteiger partial charge is 0.123 e. The van der Waals surface area contributed by atoms with Gasteiger partial charge in [-0.3, -0.25) is 4.98 Å². The van der Waals surface area contributed by atoms with Gasteiger partial charge in [-0.05, 0) is 35.9 Å². The highest BCUT2D eigenvalue weighted by atomic mass is 19.1. The van der Waals surface area contributed by atoms with Crippen molar-refractivity contribution in [3.05, 3.63) is 66.7 Å². The van der Waals surface area contributed by atoms with Gasteiger partial charge >= 0.3 is 0 Å². The third-order valence-corrected chi connectivity index (χ3v) is 2.82. The van der Waals surface area contributed by atoms with Crippen LogP contribution in [0, 0.1) is 5.82 Å². The fraction of sp³-hybridized carbons (Fsp3) is 0. The number of aromatic amines is 1. The molecule has 3 rings (SSSR count). The maximum Gasteiger partial charge on any atom is 0.123 e. The van der Waals surface area contributed by atoms with Crippen LogP contribution in [0.25, 0.3) is 22.5 Å². The first kappa shape index (κ1) is 10.7. The number of rotatable bonds is 2. The number of aromatic nitrogens is 2. The number of pyridine rings is 1. The third-order valence-electron chi connectivity index (χ3n) is 2.82. The van der Waals surface area contributed by atoms with E-state index < -0.39 is 0 Å². The van der Waals surface area contributed by atoms with E-state index in [4.69, 9.17) is 0 Å². The molecule has 2 nitrogen and oxygen atoms in total. The van der Waals surface area contributed by atoms with Crippen LogP contribution in [-0.4, -0.2) is 9.97 Å². The van der Waals surface area contributed by atoms with Crippen molar-refractivity contribution < 1.29 is 4.39 Å². The van der Waals surface area contributed by atoms with Crippen molar-refractivity contribution in [3.8, 4) is 22.5 Å².